The summed E-state index contributed by atoms with van der Waals surface area (Å²) in [6, 6.07) is 7.10. The SMILES string of the molecule is CCCCCCCCCCCCCC[C@@H](O)C[C@@H](O)CCc1ccc(O)cc1. The lowest BCUT2D eigenvalue weighted by Gasteiger charge is -2.15. The summed E-state index contributed by atoms with van der Waals surface area (Å²) >= 11 is 0. The highest BCUT2D eigenvalue weighted by atomic mass is 16.3. The molecule has 28 heavy (non-hydrogen) atoms. The third kappa shape index (κ3) is 14.0. The summed E-state index contributed by atoms with van der Waals surface area (Å²) < 4.78 is 0. The highest BCUT2D eigenvalue weighted by Gasteiger charge is 2.12. The second-order valence-electron chi connectivity index (χ2n) is 8.43. The Morgan fingerprint density at radius 3 is 1.64 bits per heavy atom. The average molecular weight is 393 g/mol. The van der Waals surface area contributed by atoms with Crippen LogP contribution in [0.5, 0.6) is 5.75 Å². The van der Waals surface area contributed by atoms with Crippen LogP contribution in [0.1, 0.15) is 109 Å². The summed E-state index contributed by atoms with van der Waals surface area (Å²) in [5.74, 6) is 0.266. The fourth-order valence-corrected chi connectivity index (χ4v) is 3.77. The Labute approximate surface area is 173 Å². The van der Waals surface area contributed by atoms with Crippen LogP contribution in [0.25, 0.3) is 0 Å². The Balaban J connectivity index is 1.90. The van der Waals surface area contributed by atoms with Gasteiger partial charge in [0.1, 0.15) is 5.75 Å². The largest absolute Gasteiger partial charge is 0.508 e. The van der Waals surface area contributed by atoms with Gasteiger partial charge >= 0.3 is 0 Å². The van der Waals surface area contributed by atoms with E-state index in [4.69, 9.17) is 0 Å². The Bertz CT molecular complexity index is 457. The van der Waals surface area contributed by atoms with Crippen LogP contribution < -0.4 is 0 Å². The Morgan fingerprint density at radius 1 is 0.643 bits per heavy atom. The van der Waals surface area contributed by atoms with Crippen molar-refractivity contribution in [1.82, 2.24) is 0 Å². The minimum Gasteiger partial charge on any atom is -0.508 e. The Hall–Kier alpha value is -1.06. The van der Waals surface area contributed by atoms with Crippen LogP contribution in [-0.4, -0.2) is 27.5 Å². The highest BCUT2D eigenvalue weighted by molar-refractivity contribution is 5.25. The maximum Gasteiger partial charge on any atom is 0.115 e. The van der Waals surface area contributed by atoms with E-state index in [1.54, 1.807) is 12.1 Å². The fraction of sp³-hybridized carbons (Fsp3) is 0.760. The topological polar surface area (TPSA) is 60.7 Å². The predicted molar refractivity (Wildman–Crippen MR) is 119 cm³/mol. The summed E-state index contributed by atoms with van der Waals surface area (Å²) in [6.45, 7) is 2.26. The van der Waals surface area contributed by atoms with E-state index in [0.717, 1.165) is 24.8 Å². The molecule has 0 unspecified atom stereocenters. The van der Waals surface area contributed by atoms with E-state index in [9.17, 15) is 15.3 Å². The molecule has 0 aromatic heterocycles. The lowest BCUT2D eigenvalue weighted by Crippen LogP contribution is -2.18. The minimum absolute atomic E-state index is 0.266. The van der Waals surface area contributed by atoms with Crippen LogP contribution in [0.4, 0.5) is 0 Å². The smallest absolute Gasteiger partial charge is 0.115 e. The fourth-order valence-electron chi connectivity index (χ4n) is 3.77. The molecule has 0 aliphatic carbocycles. The van der Waals surface area contributed by atoms with Crippen LogP contribution >= 0.6 is 0 Å². The molecule has 3 N–H and O–H groups in total. The van der Waals surface area contributed by atoms with Crippen LogP contribution in [0.15, 0.2) is 24.3 Å². The van der Waals surface area contributed by atoms with E-state index in [1.165, 1.54) is 70.6 Å². The van der Waals surface area contributed by atoms with E-state index < -0.39 is 12.2 Å². The number of aliphatic hydroxyl groups is 2. The zero-order valence-electron chi connectivity index (χ0n) is 18.1. The summed E-state index contributed by atoms with van der Waals surface area (Å²) in [4.78, 5) is 0. The summed E-state index contributed by atoms with van der Waals surface area (Å²) in [6.07, 6.45) is 17.7. The molecule has 0 fully saturated rings. The molecule has 1 aromatic carbocycles. The van der Waals surface area contributed by atoms with Crippen LogP contribution in [0, 0.1) is 0 Å². The number of aromatic hydroxyl groups is 1. The lowest BCUT2D eigenvalue weighted by atomic mass is 9.99. The van der Waals surface area contributed by atoms with Gasteiger partial charge in [-0.25, -0.2) is 0 Å². The summed E-state index contributed by atoms with van der Waals surface area (Å²) in [5.41, 5.74) is 1.10. The molecular formula is C25H44O3. The number of unbranched alkanes of at least 4 members (excludes halogenated alkanes) is 11. The zero-order valence-corrected chi connectivity index (χ0v) is 18.1. The van der Waals surface area contributed by atoms with Crippen LogP contribution in [-0.2, 0) is 6.42 Å². The van der Waals surface area contributed by atoms with Crippen LogP contribution in [0.3, 0.4) is 0 Å². The first kappa shape index (κ1) is 25.0. The molecule has 3 heteroatoms. The number of hydrogen-bond donors (Lipinski definition) is 3. The van der Waals surface area contributed by atoms with E-state index in [1.807, 2.05) is 12.1 Å². The molecule has 0 aliphatic heterocycles. The number of hydrogen-bond acceptors (Lipinski definition) is 3. The van der Waals surface area contributed by atoms with Crippen molar-refractivity contribution in [2.75, 3.05) is 0 Å². The first-order valence-electron chi connectivity index (χ1n) is 11.8. The quantitative estimate of drug-likeness (QED) is 0.249. The maximum absolute atomic E-state index is 10.1. The molecule has 1 aromatic rings. The van der Waals surface area contributed by atoms with Crippen molar-refractivity contribution >= 4 is 0 Å². The number of phenols is 1. The third-order valence-electron chi connectivity index (χ3n) is 5.64. The second kappa shape index (κ2) is 16.9. The summed E-state index contributed by atoms with van der Waals surface area (Å²) in [5, 5.41) is 29.5. The first-order valence-corrected chi connectivity index (χ1v) is 11.8. The second-order valence-corrected chi connectivity index (χ2v) is 8.43. The van der Waals surface area contributed by atoms with E-state index in [0.29, 0.717) is 12.8 Å². The number of phenolic OH excluding ortho intramolecular Hbond substituents is 1. The third-order valence-corrected chi connectivity index (χ3v) is 5.64. The molecule has 0 heterocycles. The number of rotatable bonds is 18. The average Bonchev–Trinajstić information content (AvgIpc) is 2.68. The van der Waals surface area contributed by atoms with Crippen molar-refractivity contribution in [1.29, 1.82) is 0 Å². The normalized spacial score (nSPS) is 13.5. The van der Waals surface area contributed by atoms with Gasteiger partial charge in [-0.2, -0.15) is 0 Å². The van der Waals surface area contributed by atoms with Gasteiger partial charge < -0.3 is 15.3 Å². The van der Waals surface area contributed by atoms with Crippen molar-refractivity contribution in [2.24, 2.45) is 0 Å². The Morgan fingerprint density at radius 2 is 1.11 bits per heavy atom. The number of aliphatic hydroxyl groups excluding tert-OH is 2. The minimum atomic E-state index is -0.457. The van der Waals surface area contributed by atoms with E-state index in [2.05, 4.69) is 6.92 Å². The van der Waals surface area contributed by atoms with Crippen molar-refractivity contribution in [2.45, 2.75) is 122 Å². The molecule has 162 valence electrons. The predicted octanol–water partition coefficient (Wildman–Crippen LogP) is 6.53. The molecular weight excluding hydrogens is 348 g/mol. The first-order chi connectivity index (χ1) is 13.6. The molecule has 0 amide bonds. The molecule has 0 spiro atoms. The molecule has 0 bridgehead atoms. The molecule has 1 rings (SSSR count). The van der Waals surface area contributed by atoms with Crippen molar-refractivity contribution in [3.8, 4) is 5.75 Å². The van der Waals surface area contributed by atoms with Gasteiger partial charge in [-0.3, -0.25) is 0 Å². The highest BCUT2D eigenvalue weighted by Crippen LogP contribution is 2.16. The lowest BCUT2D eigenvalue weighted by molar-refractivity contribution is 0.0697. The Kier molecular flexibility index (Phi) is 15.0. The zero-order chi connectivity index (χ0) is 20.5. The summed E-state index contributed by atoms with van der Waals surface area (Å²) in [7, 11) is 0. The van der Waals surface area contributed by atoms with E-state index >= 15 is 0 Å². The van der Waals surface area contributed by atoms with Gasteiger partial charge in [0.15, 0.2) is 0 Å². The number of benzene rings is 1. The number of aryl methyl sites for hydroxylation is 1. The molecule has 0 saturated heterocycles. The van der Waals surface area contributed by atoms with Crippen molar-refractivity contribution in [3.63, 3.8) is 0 Å². The van der Waals surface area contributed by atoms with Gasteiger partial charge in [-0.15, -0.1) is 0 Å². The molecule has 2 atom stereocenters. The molecule has 0 radical (unpaired) electrons. The van der Waals surface area contributed by atoms with Gasteiger partial charge in [-0.05, 0) is 43.4 Å². The van der Waals surface area contributed by atoms with Gasteiger partial charge in [0.05, 0.1) is 12.2 Å². The van der Waals surface area contributed by atoms with E-state index in [-0.39, 0.29) is 5.75 Å². The van der Waals surface area contributed by atoms with Gasteiger partial charge in [-0.1, -0.05) is 96.1 Å². The molecule has 0 aliphatic rings. The van der Waals surface area contributed by atoms with Gasteiger partial charge in [0.25, 0.3) is 0 Å². The monoisotopic (exact) mass is 392 g/mol. The molecule has 3 nitrogen and oxygen atoms in total. The van der Waals surface area contributed by atoms with Crippen molar-refractivity contribution in [3.05, 3.63) is 29.8 Å². The molecule has 0 saturated carbocycles. The van der Waals surface area contributed by atoms with Crippen molar-refractivity contribution < 1.29 is 15.3 Å². The van der Waals surface area contributed by atoms with Gasteiger partial charge in [0.2, 0.25) is 0 Å². The van der Waals surface area contributed by atoms with Gasteiger partial charge in [0, 0.05) is 0 Å². The standard InChI is InChI=1S/C25H44O3/c1-2-3-4-5-6-7-8-9-10-11-12-13-14-24(27)21-25(28)20-17-22-15-18-23(26)19-16-22/h15-16,18-19,24-28H,2-14,17,20-21H2,1H3/t24-,25+/m1/s1. The van der Waals surface area contributed by atoms with Crippen LogP contribution in [0.2, 0.25) is 0 Å². The maximum atomic E-state index is 10.1.